The van der Waals surface area contributed by atoms with Crippen molar-refractivity contribution >= 4 is 11.5 Å². The maximum absolute atomic E-state index is 12.4. The fourth-order valence-electron chi connectivity index (χ4n) is 2.18. The average molecular weight is 329 g/mol. The molecular formula is C16H19N5O3. The molecule has 126 valence electrons. The van der Waals surface area contributed by atoms with Crippen molar-refractivity contribution < 1.29 is 9.63 Å². The first-order chi connectivity index (χ1) is 11.1. The van der Waals surface area contributed by atoms with Crippen molar-refractivity contribution in [1.82, 2.24) is 9.72 Å². The topological polar surface area (TPSA) is 117 Å². The Kier molecular flexibility index (Phi) is 4.55. The van der Waals surface area contributed by atoms with Gasteiger partial charge in [0.15, 0.2) is 5.69 Å². The van der Waals surface area contributed by atoms with E-state index in [-0.39, 0.29) is 40.5 Å². The van der Waals surface area contributed by atoms with Crippen LogP contribution in [0, 0.1) is 30.6 Å². The third-order valence-electron chi connectivity index (χ3n) is 3.27. The lowest BCUT2D eigenvalue weighted by molar-refractivity contribution is 0.304. The zero-order chi connectivity index (χ0) is 18.1. The number of pyridine rings is 1. The van der Waals surface area contributed by atoms with Gasteiger partial charge in [-0.05, 0) is 19.3 Å². The first-order valence-electron chi connectivity index (χ1n) is 7.35. The van der Waals surface area contributed by atoms with Crippen molar-refractivity contribution in [3.05, 3.63) is 33.3 Å². The van der Waals surface area contributed by atoms with E-state index in [0.29, 0.717) is 5.76 Å². The van der Waals surface area contributed by atoms with E-state index >= 15 is 0 Å². The second kappa shape index (κ2) is 6.28. The molecule has 2 rings (SSSR count). The summed E-state index contributed by atoms with van der Waals surface area (Å²) >= 11 is 0. The lowest BCUT2D eigenvalue weighted by Crippen LogP contribution is -2.29. The predicted molar refractivity (Wildman–Crippen MR) is 86.7 cm³/mol. The molecule has 0 unspecified atom stereocenters. The van der Waals surface area contributed by atoms with Gasteiger partial charge < -0.3 is 9.63 Å². The number of rotatable bonds is 3. The van der Waals surface area contributed by atoms with Crippen LogP contribution in [-0.4, -0.2) is 14.8 Å². The van der Waals surface area contributed by atoms with Crippen LogP contribution in [0.3, 0.4) is 0 Å². The number of nitrogens with zero attached hydrogens (tertiary/aromatic N) is 5. The van der Waals surface area contributed by atoms with E-state index in [0.717, 1.165) is 4.57 Å². The van der Waals surface area contributed by atoms with E-state index in [4.69, 9.17) is 4.52 Å². The molecule has 0 saturated carbocycles. The molecule has 0 saturated heterocycles. The minimum atomic E-state index is -0.543. The number of hydrogen-bond donors (Lipinski definition) is 1. The largest absolute Gasteiger partial charge is 0.493 e. The molecule has 2 aromatic heterocycles. The standard InChI is InChI=1S/C16H19N5O3/c1-9-6-12(20-24-9)18-19-13-10(2)11(7-17)14(22)21(15(13)23)8-16(3,4)5/h6,23H,8H2,1-5H3. The molecule has 0 aliphatic carbocycles. The third kappa shape index (κ3) is 3.51. The molecule has 0 aromatic carbocycles. The highest BCUT2D eigenvalue weighted by Gasteiger charge is 2.22. The summed E-state index contributed by atoms with van der Waals surface area (Å²) < 4.78 is 6.04. The molecule has 0 fully saturated rings. The predicted octanol–water partition coefficient (Wildman–Crippen LogP) is 3.49. The fraction of sp³-hybridized carbons (Fsp3) is 0.438. The fourth-order valence-corrected chi connectivity index (χ4v) is 2.18. The molecular weight excluding hydrogens is 310 g/mol. The van der Waals surface area contributed by atoms with Crippen molar-refractivity contribution in [3.8, 4) is 11.9 Å². The smallest absolute Gasteiger partial charge is 0.271 e. The Balaban J connectivity index is 2.62. The molecule has 0 radical (unpaired) electrons. The van der Waals surface area contributed by atoms with Gasteiger partial charge in [-0.3, -0.25) is 9.36 Å². The van der Waals surface area contributed by atoms with Crippen LogP contribution >= 0.6 is 0 Å². The van der Waals surface area contributed by atoms with Crippen molar-refractivity contribution in [2.75, 3.05) is 0 Å². The zero-order valence-electron chi connectivity index (χ0n) is 14.3. The lowest BCUT2D eigenvalue weighted by Gasteiger charge is -2.22. The van der Waals surface area contributed by atoms with Crippen LogP contribution in [0.1, 0.15) is 37.7 Å². The summed E-state index contributed by atoms with van der Waals surface area (Å²) in [5, 5.41) is 31.3. The Morgan fingerprint density at radius 3 is 2.54 bits per heavy atom. The Hall–Kier alpha value is -2.95. The van der Waals surface area contributed by atoms with E-state index in [1.807, 2.05) is 26.8 Å². The van der Waals surface area contributed by atoms with E-state index in [9.17, 15) is 15.2 Å². The monoisotopic (exact) mass is 329 g/mol. The first-order valence-corrected chi connectivity index (χ1v) is 7.35. The summed E-state index contributed by atoms with van der Waals surface area (Å²) in [4.78, 5) is 12.4. The summed E-state index contributed by atoms with van der Waals surface area (Å²) in [6, 6.07) is 3.46. The van der Waals surface area contributed by atoms with Gasteiger partial charge >= 0.3 is 0 Å². The van der Waals surface area contributed by atoms with Gasteiger partial charge in [0.05, 0.1) is 0 Å². The third-order valence-corrected chi connectivity index (χ3v) is 3.27. The van der Waals surface area contributed by atoms with Crippen molar-refractivity contribution in [2.24, 2.45) is 15.6 Å². The first kappa shape index (κ1) is 17.4. The van der Waals surface area contributed by atoms with Gasteiger partial charge in [0.2, 0.25) is 11.7 Å². The summed E-state index contributed by atoms with van der Waals surface area (Å²) in [6.07, 6.45) is 0. The van der Waals surface area contributed by atoms with Gasteiger partial charge in [0.1, 0.15) is 17.4 Å². The summed E-state index contributed by atoms with van der Waals surface area (Å²) in [6.45, 7) is 9.26. The molecule has 8 heteroatoms. The Morgan fingerprint density at radius 1 is 1.38 bits per heavy atom. The van der Waals surface area contributed by atoms with E-state index < -0.39 is 5.56 Å². The minimum absolute atomic E-state index is 0.0658. The number of aromatic hydroxyl groups is 1. The highest BCUT2D eigenvalue weighted by atomic mass is 16.5. The van der Waals surface area contributed by atoms with Gasteiger partial charge in [-0.25, -0.2) is 0 Å². The SMILES string of the molecule is Cc1cc(N=Nc2c(C)c(C#N)c(=O)n(CC(C)(C)C)c2O)no1. The number of aryl methyl sites for hydroxylation is 1. The zero-order valence-corrected chi connectivity index (χ0v) is 14.3. The number of hydrogen-bond acceptors (Lipinski definition) is 7. The van der Waals surface area contributed by atoms with Gasteiger partial charge in [-0.2, -0.15) is 5.26 Å². The Morgan fingerprint density at radius 2 is 2.04 bits per heavy atom. The van der Waals surface area contributed by atoms with Crippen LogP contribution in [0.5, 0.6) is 5.88 Å². The van der Waals surface area contributed by atoms with Gasteiger partial charge in [-0.1, -0.05) is 25.9 Å². The molecule has 8 nitrogen and oxygen atoms in total. The maximum atomic E-state index is 12.4. The molecule has 0 aliphatic heterocycles. The van der Waals surface area contributed by atoms with E-state index in [1.54, 1.807) is 19.9 Å². The van der Waals surface area contributed by atoms with Crippen LogP contribution in [0.15, 0.2) is 25.6 Å². The highest BCUT2D eigenvalue weighted by molar-refractivity contribution is 5.59. The maximum Gasteiger partial charge on any atom is 0.271 e. The normalized spacial score (nSPS) is 11.8. The van der Waals surface area contributed by atoms with Gasteiger partial charge in [0, 0.05) is 18.2 Å². The molecule has 0 amide bonds. The highest BCUT2D eigenvalue weighted by Crippen LogP contribution is 2.33. The summed E-state index contributed by atoms with van der Waals surface area (Å²) in [5.74, 6) is 0.481. The molecule has 0 bridgehead atoms. The number of azo groups is 1. The minimum Gasteiger partial charge on any atom is -0.493 e. The second-order valence-electron chi connectivity index (χ2n) is 6.73. The molecule has 0 spiro atoms. The summed E-state index contributed by atoms with van der Waals surface area (Å²) in [5.41, 5.74) is -0.549. The van der Waals surface area contributed by atoms with Crippen molar-refractivity contribution in [3.63, 3.8) is 0 Å². The van der Waals surface area contributed by atoms with Gasteiger partial charge in [-0.15, -0.1) is 10.2 Å². The quantitative estimate of drug-likeness (QED) is 0.865. The van der Waals surface area contributed by atoms with Crippen LogP contribution in [0.2, 0.25) is 0 Å². The number of aromatic nitrogens is 2. The molecule has 0 aliphatic rings. The molecule has 2 aromatic rings. The average Bonchev–Trinajstić information content (AvgIpc) is 2.89. The summed E-state index contributed by atoms with van der Waals surface area (Å²) in [7, 11) is 0. The van der Waals surface area contributed by atoms with Crippen LogP contribution in [0.25, 0.3) is 0 Å². The van der Waals surface area contributed by atoms with E-state index in [2.05, 4.69) is 15.4 Å². The van der Waals surface area contributed by atoms with Crippen LogP contribution in [-0.2, 0) is 6.54 Å². The lowest BCUT2D eigenvalue weighted by atomic mass is 9.96. The van der Waals surface area contributed by atoms with Crippen LogP contribution < -0.4 is 5.56 Å². The molecule has 2 heterocycles. The van der Waals surface area contributed by atoms with Gasteiger partial charge in [0.25, 0.3) is 5.56 Å². The van der Waals surface area contributed by atoms with Crippen molar-refractivity contribution in [1.29, 1.82) is 5.26 Å². The van der Waals surface area contributed by atoms with E-state index in [1.165, 1.54) is 0 Å². The molecule has 1 N–H and O–H groups in total. The van der Waals surface area contributed by atoms with Crippen LogP contribution in [0.4, 0.5) is 11.5 Å². The Labute approximate surface area is 139 Å². The van der Waals surface area contributed by atoms with Crippen molar-refractivity contribution in [2.45, 2.75) is 41.2 Å². The number of nitriles is 1. The second-order valence-corrected chi connectivity index (χ2v) is 6.73. The molecule has 24 heavy (non-hydrogen) atoms. The molecule has 0 atom stereocenters. The Bertz CT molecular complexity index is 894.